The number of nitrogens with one attached hydrogen (secondary N) is 1. The van der Waals surface area contributed by atoms with Crippen LogP contribution < -0.4 is 11.1 Å². The van der Waals surface area contributed by atoms with E-state index in [1.807, 2.05) is 0 Å². The highest BCUT2D eigenvalue weighted by Gasteiger charge is 2.31. The van der Waals surface area contributed by atoms with Gasteiger partial charge in [-0.3, -0.25) is 0 Å². The fourth-order valence-electron chi connectivity index (χ4n) is 3.73. The molecule has 110 valence electrons. The molecule has 3 nitrogen and oxygen atoms in total. The summed E-state index contributed by atoms with van der Waals surface area (Å²) in [6, 6.07) is 9.87. The second kappa shape index (κ2) is 6.25. The van der Waals surface area contributed by atoms with E-state index in [1.54, 1.807) is 0 Å². The molecule has 3 heteroatoms. The summed E-state index contributed by atoms with van der Waals surface area (Å²) in [5, 5.41) is 3.83. The van der Waals surface area contributed by atoms with Crippen LogP contribution in [0.15, 0.2) is 24.3 Å². The zero-order valence-electron chi connectivity index (χ0n) is 12.5. The number of benzene rings is 1. The van der Waals surface area contributed by atoms with E-state index < -0.39 is 0 Å². The maximum absolute atomic E-state index is 6.41. The molecule has 1 aromatic carbocycles. The van der Waals surface area contributed by atoms with E-state index in [-0.39, 0.29) is 6.04 Å². The van der Waals surface area contributed by atoms with E-state index >= 15 is 0 Å². The molecular formula is C17H27N3. The lowest BCUT2D eigenvalue weighted by Crippen LogP contribution is -2.48. The molecule has 20 heavy (non-hydrogen) atoms. The zero-order chi connectivity index (χ0) is 13.9. The van der Waals surface area contributed by atoms with Crippen molar-refractivity contribution in [2.45, 2.75) is 50.7 Å². The third-order valence-corrected chi connectivity index (χ3v) is 4.86. The maximum atomic E-state index is 6.41. The molecular weight excluding hydrogens is 246 g/mol. The first-order chi connectivity index (χ1) is 9.78. The molecule has 1 aromatic rings. The lowest BCUT2D eigenvalue weighted by Gasteiger charge is -2.34. The van der Waals surface area contributed by atoms with E-state index in [2.05, 4.69) is 41.4 Å². The number of likely N-dealkylation sites (tertiary alicyclic amines) is 1. The average Bonchev–Trinajstić information content (AvgIpc) is 2.79. The molecule has 1 aliphatic carbocycles. The molecule has 0 saturated carbocycles. The minimum Gasteiger partial charge on any atom is -0.323 e. The Morgan fingerprint density at radius 1 is 1.25 bits per heavy atom. The standard InChI is InChI=1S/C17H27N3/c1-2-9-20-10-7-14(8-11-20)19-16-12-13-5-3-4-6-15(13)17(16)18/h3-6,14,16-17,19H,2,7-12,18H2,1H3/t16-,17-/m1/s1. The Bertz CT molecular complexity index is 438. The Hall–Kier alpha value is -0.900. The lowest BCUT2D eigenvalue weighted by atomic mass is 10.0. The maximum Gasteiger partial charge on any atom is 0.0456 e. The van der Waals surface area contributed by atoms with Crippen molar-refractivity contribution in [3.63, 3.8) is 0 Å². The Morgan fingerprint density at radius 3 is 2.70 bits per heavy atom. The number of hydrogen-bond acceptors (Lipinski definition) is 3. The number of fused-ring (bicyclic) bond motifs is 1. The molecule has 3 rings (SSSR count). The van der Waals surface area contributed by atoms with Gasteiger partial charge in [-0.15, -0.1) is 0 Å². The number of nitrogens with two attached hydrogens (primary N) is 1. The van der Waals surface area contributed by atoms with Gasteiger partial charge in [0, 0.05) is 18.1 Å². The first kappa shape index (κ1) is 14.1. The Labute approximate surface area is 122 Å². The largest absolute Gasteiger partial charge is 0.323 e. The fourth-order valence-corrected chi connectivity index (χ4v) is 3.73. The first-order valence-electron chi connectivity index (χ1n) is 8.09. The van der Waals surface area contributed by atoms with Crippen molar-refractivity contribution >= 4 is 0 Å². The van der Waals surface area contributed by atoms with Crippen LogP contribution in [0.5, 0.6) is 0 Å². The highest BCUT2D eigenvalue weighted by Crippen LogP contribution is 2.30. The minimum atomic E-state index is 0.167. The van der Waals surface area contributed by atoms with Crippen molar-refractivity contribution in [2.75, 3.05) is 19.6 Å². The van der Waals surface area contributed by atoms with Gasteiger partial charge in [0.2, 0.25) is 0 Å². The van der Waals surface area contributed by atoms with Crippen molar-refractivity contribution in [1.82, 2.24) is 10.2 Å². The lowest BCUT2D eigenvalue weighted by molar-refractivity contribution is 0.188. The Balaban J connectivity index is 1.53. The monoisotopic (exact) mass is 273 g/mol. The molecule has 3 N–H and O–H groups in total. The molecule has 1 fully saturated rings. The van der Waals surface area contributed by atoms with Crippen LogP contribution in [-0.4, -0.2) is 36.6 Å². The topological polar surface area (TPSA) is 41.3 Å². The molecule has 0 bridgehead atoms. The molecule has 2 atom stereocenters. The summed E-state index contributed by atoms with van der Waals surface area (Å²) in [5.74, 6) is 0. The third kappa shape index (κ3) is 2.90. The van der Waals surface area contributed by atoms with Crippen LogP contribution in [0.2, 0.25) is 0 Å². The van der Waals surface area contributed by atoms with Crippen LogP contribution in [-0.2, 0) is 6.42 Å². The van der Waals surface area contributed by atoms with Gasteiger partial charge in [-0.05, 0) is 56.4 Å². The summed E-state index contributed by atoms with van der Waals surface area (Å²) in [4.78, 5) is 2.58. The zero-order valence-corrected chi connectivity index (χ0v) is 12.5. The van der Waals surface area contributed by atoms with Crippen LogP contribution in [0, 0.1) is 0 Å². The Morgan fingerprint density at radius 2 is 2.00 bits per heavy atom. The molecule has 2 aliphatic rings. The van der Waals surface area contributed by atoms with Crippen molar-refractivity contribution < 1.29 is 0 Å². The van der Waals surface area contributed by atoms with Crippen molar-refractivity contribution in [2.24, 2.45) is 5.73 Å². The number of nitrogens with zero attached hydrogens (tertiary/aromatic N) is 1. The van der Waals surface area contributed by atoms with Crippen LogP contribution in [0.3, 0.4) is 0 Å². The molecule has 1 saturated heterocycles. The van der Waals surface area contributed by atoms with Gasteiger partial charge in [0.25, 0.3) is 0 Å². The van der Waals surface area contributed by atoms with E-state index in [0.717, 1.165) is 6.42 Å². The number of rotatable bonds is 4. The van der Waals surface area contributed by atoms with E-state index in [9.17, 15) is 0 Å². The van der Waals surface area contributed by atoms with Crippen molar-refractivity contribution in [3.05, 3.63) is 35.4 Å². The second-order valence-electron chi connectivity index (χ2n) is 6.32. The van der Waals surface area contributed by atoms with Gasteiger partial charge >= 0.3 is 0 Å². The molecule has 1 aliphatic heterocycles. The number of hydrogen-bond donors (Lipinski definition) is 2. The smallest absolute Gasteiger partial charge is 0.0456 e. The summed E-state index contributed by atoms with van der Waals surface area (Å²) in [5.41, 5.74) is 9.18. The SMILES string of the molecule is CCCN1CCC(N[C@@H]2Cc3ccccc3[C@H]2N)CC1. The predicted octanol–water partition coefficient (Wildman–Crippen LogP) is 2.08. The predicted molar refractivity (Wildman–Crippen MR) is 83.8 cm³/mol. The minimum absolute atomic E-state index is 0.167. The van der Waals surface area contributed by atoms with Gasteiger partial charge in [-0.2, -0.15) is 0 Å². The molecule has 0 spiro atoms. The van der Waals surface area contributed by atoms with Gasteiger partial charge in [0.1, 0.15) is 0 Å². The van der Waals surface area contributed by atoms with Gasteiger partial charge in [0.15, 0.2) is 0 Å². The normalized spacial score (nSPS) is 27.7. The van der Waals surface area contributed by atoms with Gasteiger partial charge in [-0.25, -0.2) is 0 Å². The van der Waals surface area contributed by atoms with Crippen molar-refractivity contribution in [3.8, 4) is 0 Å². The van der Waals surface area contributed by atoms with Gasteiger partial charge in [0.05, 0.1) is 0 Å². The molecule has 0 unspecified atom stereocenters. The molecule has 0 amide bonds. The average molecular weight is 273 g/mol. The quantitative estimate of drug-likeness (QED) is 0.882. The molecule has 0 radical (unpaired) electrons. The van der Waals surface area contributed by atoms with Gasteiger partial charge < -0.3 is 16.0 Å². The third-order valence-electron chi connectivity index (χ3n) is 4.86. The van der Waals surface area contributed by atoms with Crippen molar-refractivity contribution in [1.29, 1.82) is 0 Å². The summed E-state index contributed by atoms with van der Waals surface area (Å²) < 4.78 is 0. The van der Waals surface area contributed by atoms with E-state index in [1.165, 1.54) is 50.0 Å². The molecule has 1 heterocycles. The summed E-state index contributed by atoms with van der Waals surface area (Å²) in [7, 11) is 0. The van der Waals surface area contributed by atoms with Crippen LogP contribution in [0.1, 0.15) is 43.4 Å². The van der Waals surface area contributed by atoms with Gasteiger partial charge in [-0.1, -0.05) is 31.2 Å². The van der Waals surface area contributed by atoms with Crippen LogP contribution >= 0.6 is 0 Å². The highest BCUT2D eigenvalue weighted by molar-refractivity contribution is 5.36. The Kier molecular flexibility index (Phi) is 4.39. The number of piperidine rings is 1. The second-order valence-corrected chi connectivity index (χ2v) is 6.32. The van der Waals surface area contributed by atoms with Crippen LogP contribution in [0.4, 0.5) is 0 Å². The summed E-state index contributed by atoms with van der Waals surface area (Å²) in [6.45, 7) is 5.99. The highest BCUT2D eigenvalue weighted by atomic mass is 15.1. The summed E-state index contributed by atoms with van der Waals surface area (Å²) in [6.07, 6.45) is 4.88. The fraction of sp³-hybridized carbons (Fsp3) is 0.647. The van der Waals surface area contributed by atoms with Crippen LogP contribution in [0.25, 0.3) is 0 Å². The first-order valence-corrected chi connectivity index (χ1v) is 8.09. The molecule has 0 aromatic heterocycles. The van der Waals surface area contributed by atoms with E-state index in [0.29, 0.717) is 12.1 Å². The van der Waals surface area contributed by atoms with E-state index in [4.69, 9.17) is 5.73 Å². The summed E-state index contributed by atoms with van der Waals surface area (Å²) >= 11 is 0.